The molecule has 2 amide bonds. The van der Waals surface area contributed by atoms with E-state index in [0.717, 1.165) is 79.9 Å². The third-order valence-electron chi connectivity index (χ3n) is 13.3. The Balaban J connectivity index is 0.000000180. The first kappa shape index (κ1) is 42.4. The fourth-order valence-electron chi connectivity index (χ4n) is 10.2. The molecule has 4 aromatic rings. The molecule has 4 aliphatic rings. The minimum atomic E-state index is -0.429. The lowest BCUT2D eigenvalue weighted by Gasteiger charge is -2.43. The number of pyridine rings is 2. The Bertz CT molecular complexity index is 2200. The van der Waals surface area contributed by atoms with Crippen LogP contribution in [0.1, 0.15) is 98.1 Å². The van der Waals surface area contributed by atoms with Crippen LogP contribution in [0.5, 0.6) is 0 Å². The Morgan fingerprint density at radius 3 is 1.64 bits per heavy atom. The molecule has 2 aromatic carbocycles. The fourth-order valence-corrected chi connectivity index (χ4v) is 10.6. The lowest BCUT2D eigenvalue weighted by molar-refractivity contribution is -0.385. The van der Waals surface area contributed by atoms with Gasteiger partial charge < -0.3 is 19.3 Å². The van der Waals surface area contributed by atoms with Crippen molar-refractivity contribution in [2.24, 2.45) is 11.8 Å². The van der Waals surface area contributed by atoms with E-state index in [1.807, 2.05) is 42.3 Å². The van der Waals surface area contributed by atoms with Crippen LogP contribution in [0.3, 0.4) is 0 Å². The molecule has 59 heavy (non-hydrogen) atoms. The predicted molar refractivity (Wildman–Crippen MR) is 228 cm³/mol. The van der Waals surface area contributed by atoms with Crippen LogP contribution in [0.25, 0.3) is 0 Å². The standard InChI is InChI=1S/C23H26ClN3O4.C23H27ClN2O2/c1-3-31-22(28)26-10-8-17(9-11-26)23(2)20-7-6-18(24)12-15(20)4-5-16-13-19(27(29)30)14-25-21(16)23;1-3-28-22(27)26-13-10-18(11-14-26)23(2)20-9-8-19(24)15-17(20)7-6-16-5-4-12-25-21(16)23/h6-7,12-14,17H,3-5,8-11H2,1-2H3;4-5,8-9,12,15,18H,3,6-7,10-11,13-14H2,1-2H3. The number of ether oxygens (including phenoxy) is 2. The molecule has 0 radical (unpaired) electrons. The van der Waals surface area contributed by atoms with Crippen LogP contribution in [-0.2, 0) is 46.0 Å². The van der Waals surface area contributed by atoms with Crippen molar-refractivity contribution >= 4 is 41.1 Å². The highest BCUT2D eigenvalue weighted by Crippen LogP contribution is 2.49. The van der Waals surface area contributed by atoms with Gasteiger partial charge in [-0.1, -0.05) is 41.4 Å². The van der Waals surface area contributed by atoms with Gasteiger partial charge in [0.1, 0.15) is 6.20 Å². The molecular weight excluding hydrogens is 789 g/mol. The van der Waals surface area contributed by atoms with Gasteiger partial charge >= 0.3 is 12.2 Å². The monoisotopic (exact) mass is 841 g/mol. The maximum atomic E-state index is 12.2. The molecule has 0 spiro atoms. The first-order valence-corrected chi connectivity index (χ1v) is 21.6. The van der Waals surface area contributed by atoms with Crippen LogP contribution in [-0.4, -0.2) is 76.3 Å². The summed E-state index contributed by atoms with van der Waals surface area (Å²) >= 11 is 12.6. The maximum Gasteiger partial charge on any atom is 0.409 e. The zero-order valence-corrected chi connectivity index (χ0v) is 35.9. The van der Waals surface area contributed by atoms with Gasteiger partial charge in [-0.3, -0.25) is 20.1 Å². The molecule has 0 N–H and O–H groups in total. The van der Waals surface area contributed by atoms with Gasteiger partial charge in [-0.25, -0.2) is 9.59 Å². The number of carbonyl (C=O) groups excluding carboxylic acids is 2. The van der Waals surface area contributed by atoms with Gasteiger partial charge in [0.15, 0.2) is 0 Å². The van der Waals surface area contributed by atoms with E-state index in [9.17, 15) is 19.7 Å². The molecule has 2 fully saturated rings. The Hall–Kier alpha value is -4.74. The summed E-state index contributed by atoms with van der Waals surface area (Å²) in [6.45, 7) is 11.6. The number of nitro groups is 1. The van der Waals surface area contributed by atoms with E-state index in [1.165, 1.54) is 34.1 Å². The van der Waals surface area contributed by atoms with Crippen molar-refractivity contribution in [2.75, 3.05) is 39.4 Å². The van der Waals surface area contributed by atoms with Crippen molar-refractivity contribution in [3.63, 3.8) is 0 Å². The van der Waals surface area contributed by atoms with Crippen LogP contribution in [0.2, 0.25) is 10.0 Å². The smallest absolute Gasteiger partial charge is 0.409 e. The van der Waals surface area contributed by atoms with E-state index < -0.39 is 10.3 Å². The molecule has 2 saturated heterocycles. The second-order valence-electron chi connectivity index (χ2n) is 16.4. The minimum absolute atomic E-state index is 0.0159. The molecule has 0 saturated carbocycles. The Morgan fingerprint density at radius 1 is 0.712 bits per heavy atom. The normalized spacial score (nSPS) is 21.6. The molecule has 2 unspecified atom stereocenters. The van der Waals surface area contributed by atoms with E-state index in [2.05, 4.69) is 43.1 Å². The summed E-state index contributed by atoms with van der Waals surface area (Å²) in [5.41, 5.74) is 8.71. The summed E-state index contributed by atoms with van der Waals surface area (Å²) in [6.07, 6.45) is 9.67. The number of amides is 2. The van der Waals surface area contributed by atoms with Crippen LogP contribution in [0, 0.1) is 22.0 Å². The number of benzene rings is 2. The van der Waals surface area contributed by atoms with Crippen molar-refractivity contribution in [3.8, 4) is 0 Å². The van der Waals surface area contributed by atoms with Gasteiger partial charge in [-0.15, -0.1) is 0 Å². The van der Waals surface area contributed by atoms with Crippen LogP contribution in [0.15, 0.2) is 67.0 Å². The van der Waals surface area contributed by atoms with Crippen LogP contribution >= 0.6 is 23.2 Å². The van der Waals surface area contributed by atoms with E-state index >= 15 is 0 Å². The molecule has 2 atom stereocenters. The number of aromatic nitrogens is 2. The molecule has 2 aliphatic heterocycles. The number of piperidine rings is 2. The van der Waals surface area contributed by atoms with Crippen molar-refractivity contribution in [1.82, 2.24) is 19.8 Å². The number of nitrogens with zero attached hydrogens (tertiary/aromatic N) is 5. The van der Waals surface area contributed by atoms with Gasteiger partial charge in [0, 0.05) is 59.3 Å². The van der Waals surface area contributed by atoms with Crippen LogP contribution in [0.4, 0.5) is 15.3 Å². The second kappa shape index (κ2) is 17.9. The summed E-state index contributed by atoms with van der Waals surface area (Å²) in [6, 6.07) is 18.2. The zero-order chi connectivity index (χ0) is 41.9. The quantitative estimate of drug-likeness (QED) is 0.144. The molecule has 11 nitrogen and oxygen atoms in total. The van der Waals surface area contributed by atoms with Gasteiger partial charge in [-0.2, -0.15) is 0 Å². The molecule has 13 heteroatoms. The van der Waals surface area contributed by atoms with Crippen LogP contribution < -0.4 is 0 Å². The average molecular weight is 843 g/mol. The highest BCUT2D eigenvalue weighted by molar-refractivity contribution is 6.31. The third kappa shape index (κ3) is 8.38. The average Bonchev–Trinajstić information content (AvgIpc) is 3.45. The maximum absolute atomic E-state index is 12.2. The Morgan fingerprint density at radius 2 is 1.17 bits per heavy atom. The summed E-state index contributed by atoms with van der Waals surface area (Å²) in [7, 11) is 0. The Kier molecular flexibility index (Phi) is 12.8. The van der Waals surface area contributed by atoms with E-state index in [4.69, 9.17) is 37.7 Å². The number of halogens is 2. The van der Waals surface area contributed by atoms with Crippen molar-refractivity contribution in [3.05, 3.63) is 132 Å². The SMILES string of the molecule is CCOC(=O)N1CCC(C2(C)c3ccc(Cl)cc3CCc3cc([N+](=O)[O-])cnc32)CC1.CCOC(=O)N1CCC(C2(C)c3ccc(Cl)cc3CCc3cccnc32)CC1. The number of fused-ring (bicyclic) bond motifs is 4. The van der Waals surface area contributed by atoms with Crippen molar-refractivity contribution in [1.29, 1.82) is 0 Å². The van der Waals surface area contributed by atoms with E-state index in [-0.39, 0.29) is 29.2 Å². The minimum Gasteiger partial charge on any atom is -0.450 e. The fraction of sp³-hybridized carbons (Fsp3) is 0.478. The lowest BCUT2D eigenvalue weighted by atomic mass is 9.64. The van der Waals surface area contributed by atoms with E-state index in [0.29, 0.717) is 43.7 Å². The molecule has 2 aliphatic carbocycles. The molecule has 312 valence electrons. The number of likely N-dealkylation sites (tertiary alicyclic amines) is 2. The summed E-state index contributed by atoms with van der Waals surface area (Å²) < 4.78 is 10.4. The Labute approximate surface area is 356 Å². The second-order valence-corrected chi connectivity index (χ2v) is 17.3. The first-order chi connectivity index (χ1) is 28.4. The zero-order valence-electron chi connectivity index (χ0n) is 34.3. The lowest BCUT2D eigenvalue weighted by Crippen LogP contribution is -2.45. The highest BCUT2D eigenvalue weighted by Gasteiger charge is 2.46. The highest BCUT2D eigenvalue weighted by atomic mass is 35.5. The van der Waals surface area contributed by atoms with Crippen molar-refractivity contribution < 1.29 is 24.0 Å². The first-order valence-electron chi connectivity index (χ1n) is 20.9. The summed E-state index contributed by atoms with van der Waals surface area (Å²) in [5.74, 6) is 0.633. The predicted octanol–water partition coefficient (Wildman–Crippen LogP) is 9.92. The molecule has 2 aromatic heterocycles. The number of aryl methyl sites for hydroxylation is 4. The topological polar surface area (TPSA) is 128 Å². The third-order valence-corrected chi connectivity index (χ3v) is 13.8. The van der Waals surface area contributed by atoms with Gasteiger partial charge in [-0.05, 0) is 155 Å². The molecular formula is C46H53Cl2N5O6. The van der Waals surface area contributed by atoms with E-state index in [1.54, 1.807) is 17.9 Å². The van der Waals surface area contributed by atoms with Gasteiger partial charge in [0.2, 0.25) is 0 Å². The number of hydrogen-bond donors (Lipinski definition) is 0. The number of rotatable bonds is 5. The largest absolute Gasteiger partial charge is 0.450 e. The molecule has 8 rings (SSSR count). The van der Waals surface area contributed by atoms with Crippen molar-refractivity contribution in [2.45, 2.75) is 89.9 Å². The summed E-state index contributed by atoms with van der Waals surface area (Å²) in [4.78, 5) is 48.4. The number of carbonyl (C=O) groups is 2. The number of hydrogen-bond acceptors (Lipinski definition) is 8. The van der Waals surface area contributed by atoms with Gasteiger partial charge in [0.05, 0.1) is 29.5 Å². The molecule has 4 heterocycles. The van der Waals surface area contributed by atoms with Gasteiger partial charge in [0.25, 0.3) is 5.69 Å². The molecule has 0 bridgehead atoms. The summed E-state index contributed by atoms with van der Waals surface area (Å²) in [5, 5.41) is 12.8.